The molecule has 1 aliphatic heterocycles. The van der Waals surface area contributed by atoms with Crippen LogP contribution in [-0.2, 0) is 6.42 Å². The lowest BCUT2D eigenvalue weighted by atomic mass is 10.1. The third kappa shape index (κ3) is 2.31. The molecule has 19 heavy (non-hydrogen) atoms. The fourth-order valence-electron chi connectivity index (χ4n) is 2.03. The van der Waals surface area contributed by atoms with Gasteiger partial charge in [-0.3, -0.25) is 0 Å². The fourth-order valence-corrected chi connectivity index (χ4v) is 3.41. The van der Waals surface area contributed by atoms with E-state index in [1.54, 1.807) is 11.3 Å². The van der Waals surface area contributed by atoms with Crippen LogP contribution in [0.1, 0.15) is 17.5 Å². The molecule has 0 fully saturated rings. The largest absolute Gasteiger partial charge is 0.361 e. The summed E-state index contributed by atoms with van der Waals surface area (Å²) in [7, 11) is 0. The van der Waals surface area contributed by atoms with Crippen LogP contribution >= 0.6 is 22.9 Å². The van der Waals surface area contributed by atoms with Crippen LogP contribution in [0.3, 0.4) is 0 Å². The summed E-state index contributed by atoms with van der Waals surface area (Å²) in [6, 6.07) is 3.90. The third-order valence-corrected chi connectivity index (χ3v) is 4.49. The van der Waals surface area contributed by atoms with E-state index < -0.39 is 0 Å². The minimum absolute atomic E-state index is 0.751. The van der Waals surface area contributed by atoms with Gasteiger partial charge in [-0.1, -0.05) is 30.7 Å². The number of nitrogens with zero attached hydrogens (tertiary/aromatic N) is 1. The molecule has 0 saturated carbocycles. The summed E-state index contributed by atoms with van der Waals surface area (Å²) in [5, 5.41) is 5.16. The number of halogens is 1. The number of rotatable bonds is 2. The molecule has 0 aliphatic carbocycles. The van der Waals surface area contributed by atoms with Crippen molar-refractivity contribution in [1.29, 1.82) is 0 Å². The van der Waals surface area contributed by atoms with E-state index in [1.165, 1.54) is 0 Å². The summed E-state index contributed by atoms with van der Waals surface area (Å²) < 4.78 is 1.15. The lowest BCUT2D eigenvalue weighted by Crippen LogP contribution is -2.03. The van der Waals surface area contributed by atoms with Crippen LogP contribution in [0.4, 0.5) is 0 Å². The first-order chi connectivity index (χ1) is 9.29. The van der Waals surface area contributed by atoms with Gasteiger partial charge in [0.2, 0.25) is 0 Å². The van der Waals surface area contributed by atoms with Gasteiger partial charge in [-0.15, -0.1) is 11.3 Å². The van der Waals surface area contributed by atoms with Crippen LogP contribution in [0.25, 0.3) is 15.9 Å². The van der Waals surface area contributed by atoms with Crippen molar-refractivity contribution < 1.29 is 0 Å². The molecule has 0 atom stereocenters. The predicted octanol–water partition coefficient (Wildman–Crippen LogP) is 4.53. The van der Waals surface area contributed by atoms with Crippen LogP contribution in [-0.4, -0.2) is 4.98 Å². The van der Waals surface area contributed by atoms with Crippen LogP contribution in [0.15, 0.2) is 42.6 Å². The summed E-state index contributed by atoms with van der Waals surface area (Å²) >= 11 is 8.11. The average Bonchev–Trinajstić information content (AvgIpc) is 2.65. The quantitative estimate of drug-likeness (QED) is 0.878. The molecule has 1 aromatic heterocycles. The second-order valence-electron chi connectivity index (χ2n) is 4.20. The lowest BCUT2D eigenvalue weighted by Gasteiger charge is -2.09. The number of hydrogen-bond acceptors (Lipinski definition) is 3. The van der Waals surface area contributed by atoms with E-state index in [4.69, 9.17) is 11.6 Å². The molecule has 0 unspecified atom stereocenters. The van der Waals surface area contributed by atoms with Gasteiger partial charge in [-0.2, -0.15) is 0 Å². The van der Waals surface area contributed by atoms with Gasteiger partial charge in [0.25, 0.3) is 0 Å². The van der Waals surface area contributed by atoms with Gasteiger partial charge in [0.1, 0.15) is 0 Å². The number of aryl methyl sites for hydroxylation is 1. The minimum Gasteiger partial charge on any atom is -0.361 e. The molecule has 2 nitrogen and oxygen atoms in total. The molecule has 0 saturated heterocycles. The molecule has 1 aromatic carbocycles. The predicted molar refractivity (Wildman–Crippen MR) is 83.4 cm³/mol. The van der Waals surface area contributed by atoms with Gasteiger partial charge in [0.15, 0.2) is 0 Å². The molecule has 4 heteroatoms. The maximum absolute atomic E-state index is 6.39. The van der Waals surface area contributed by atoms with Crippen molar-refractivity contribution in [2.75, 3.05) is 0 Å². The Balaban J connectivity index is 2.23. The molecular weight excluding hydrogens is 276 g/mol. The highest BCUT2D eigenvalue weighted by molar-refractivity contribution is 7.19. The summed E-state index contributed by atoms with van der Waals surface area (Å²) in [6.07, 6.45) is 10.8. The molecular formula is C15H13ClN2S. The molecule has 0 spiro atoms. The van der Waals surface area contributed by atoms with E-state index in [0.717, 1.165) is 37.9 Å². The smallest absolute Gasteiger partial charge is 0.0936 e. The first-order valence-electron chi connectivity index (χ1n) is 6.18. The summed E-state index contributed by atoms with van der Waals surface area (Å²) in [4.78, 5) is 4.62. The number of fused-ring (bicyclic) bond motifs is 1. The van der Waals surface area contributed by atoms with Crippen molar-refractivity contribution >= 4 is 38.9 Å². The van der Waals surface area contributed by atoms with E-state index in [2.05, 4.69) is 17.2 Å². The van der Waals surface area contributed by atoms with Gasteiger partial charge in [0.05, 0.1) is 20.2 Å². The summed E-state index contributed by atoms with van der Waals surface area (Å²) in [6.45, 7) is 2.12. The van der Waals surface area contributed by atoms with Crippen molar-refractivity contribution in [3.05, 3.63) is 58.2 Å². The van der Waals surface area contributed by atoms with Gasteiger partial charge < -0.3 is 5.32 Å². The summed E-state index contributed by atoms with van der Waals surface area (Å²) in [5.74, 6) is 0. The Hall–Kier alpha value is -1.58. The maximum Gasteiger partial charge on any atom is 0.0936 e. The van der Waals surface area contributed by atoms with E-state index in [-0.39, 0.29) is 0 Å². The Labute approximate surface area is 121 Å². The molecule has 3 rings (SSSR count). The Morgan fingerprint density at radius 1 is 1.26 bits per heavy atom. The Bertz CT molecular complexity index is 710. The topological polar surface area (TPSA) is 24.9 Å². The Morgan fingerprint density at radius 3 is 3.00 bits per heavy atom. The van der Waals surface area contributed by atoms with Gasteiger partial charge in [0, 0.05) is 17.5 Å². The van der Waals surface area contributed by atoms with Crippen molar-refractivity contribution in [2.24, 2.45) is 0 Å². The highest BCUT2D eigenvalue weighted by Crippen LogP contribution is 2.35. The zero-order chi connectivity index (χ0) is 13.2. The molecule has 1 aliphatic rings. The highest BCUT2D eigenvalue weighted by atomic mass is 35.5. The fraction of sp³-hybridized carbons (Fsp3) is 0.133. The first-order valence-corrected chi connectivity index (χ1v) is 7.37. The third-order valence-electron chi connectivity index (χ3n) is 2.94. The Morgan fingerprint density at radius 2 is 2.16 bits per heavy atom. The lowest BCUT2D eigenvalue weighted by molar-refractivity contribution is 1.11. The molecule has 2 heterocycles. The highest BCUT2D eigenvalue weighted by Gasteiger charge is 2.14. The normalized spacial score (nSPS) is 14.3. The number of nitrogens with one attached hydrogen (secondary N) is 1. The van der Waals surface area contributed by atoms with E-state index >= 15 is 0 Å². The second kappa shape index (κ2) is 5.19. The molecule has 2 aromatic rings. The molecule has 0 amide bonds. The number of hydrogen-bond donors (Lipinski definition) is 1. The van der Waals surface area contributed by atoms with E-state index in [9.17, 15) is 0 Å². The van der Waals surface area contributed by atoms with Crippen LogP contribution < -0.4 is 5.32 Å². The zero-order valence-electron chi connectivity index (χ0n) is 10.5. The standard InChI is InChI=1S/C15H13ClN2S/c1-2-13-18-12-8-7-10(16)14(15(12)19-13)11-6-4-3-5-9-17-11/h3-9,17H,2H2,1H3. The monoisotopic (exact) mass is 288 g/mol. The van der Waals surface area contributed by atoms with Crippen LogP contribution in [0.2, 0.25) is 5.02 Å². The van der Waals surface area contributed by atoms with E-state index in [1.807, 2.05) is 42.6 Å². The van der Waals surface area contributed by atoms with Crippen molar-refractivity contribution in [3.8, 4) is 0 Å². The molecule has 96 valence electrons. The van der Waals surface area contributed by atoms with Crippen molar-refractivity contribution in [2.45, 2.75) is 13.3 Å². The van der Waals surface area contributed by atoms with Crippen LogP contribution in [0, 0.1) is 0 Å². The van der Waals surface area contributed by atoms with Crippen molar-refractivity contribution in [1.82, 2.24) is 10.3 Å². The van der Waals surface area contributed by atoms with Gasteiger partial charge in [-0.05, 0) is 30.7 Å². The number of allylic oxidation sites excluding steroid dienone is 4. The average molecular weight is 289 g/mol. The number of benzene rings is 1. The van der Waals surface area contributed by atoms with Gasteiger partial charge in [-0.25, -0.2) is 4.98 Å². The van der Waals surface area contributed by atoms with E-state index in [0.29, 0.717) is 0 Å². The second-order valence-corrected chi connectivity index (χ2v) is 5.69. The van der Waals surface area contributed by atoms with Gasteiger partial charge >= 0.3 is 0 Å². The molecule has 0 radical (unpaired) electrons. The zero-order valence-corrected chi connectivity index (χ0v) is 12.1. The summed E-state index contributed by atoms with van der Waals surface area (Å²) in [5.41, 5.74) is 3.06. The molecule has 1 N–H and O–H groups in total. The minimum atomic E-state index is 0.751. The van der Waals surface area contributed by atoms with Crippen molar-refractivity contribution in [3.63, 3.8) is 0 Å². The van der Waals surface area contributed by atoms with Crippen LogP contribution in [0.5, 0.6) is 0 Å². The maximum atomic E-state index is 6.39. The first kappa shape index (κ1) is 12.5. The molecule has 0 bridgehead atoms. The Kier molecular flexibility index (Phi) is 3.40. The number of thiazole rings is 1. The SMILES string of the molecule is CCc1nc2ccc(Cl)c(C3=CC=CC=CN3)c2s1. The number of aromatic nitrogens is 1.